The van der Waals surface area contributed by atoms with Gasteiger partial charge in [0.2, 0.25) is 11.8 Å². The lowest BCUT2D eigenvalue weighted by molar-refractivity contribution is -0.126. The fraction of sp³-hybridized carbons (Fsp3) is 0.643. The van der Waals surface area contributed by atoms with Crippen LogP contribution in [0.25, 0.3) is 5.65 Å². The molecule has 3 atom stereocenters. The Labute approximate surface area is 239 Å². The number of hydrogen-bond acceptors (Lipinski definition) is 7. The summed E-state index contributed by atoms with van der Waals surface area (Å²) < 4.78 is 62.4. The Morgan fingerprint density at radius 2 is 1.76 bits per heavy atom. The number of aromatic nitrogens is 5. The van der Waals surface area contributed by atoms with Crippen LogP contribution in [0.4, 0.5) is 17.6 Å². The minimum atomic E-state index is -2.82. The molecule has 3 saturated carbocycles. The average Bonchev–Trinajstić information content (AvgIpc) is 3.39. The Morgan fingerprint density at radius 3 is 2.40 bits per heavy atom. The molecule has 0 spiro atoms. The second-order valence-corrected chi connectivity index (χ2v) is 12.0. The van der Waals surface area contributed by atoms with Crippen molar-refractivity contribution in [3.63, 3.8) is 0 Å². The van der Waals surface area contributed by atoms with Gasteiger partial charge < -0.3 is 10.6 Å². The summed E-state index contributed by atoms with van der Waals surface area (Å²) in [5, 5.41) is 17.6. The van der Waals surface area contributed by atoms with E-state index in [1.54, 1.807) is 25.4 Å². The summed E-state index contributed by atoms with van der Waals surface area (Å²) in [6.45, 7) is 1.58. The van der Waals surface area contributed by atoms with Crippen LogP contribution in [0.15, 0.2) is 23.1 Å². The van der Waals surface area contributed by atoms with Crippen LogP contribution in [0.2, 0.25) is 0 Å². The number of nitrogens with zero attached hydrogens (tertiary/aromatic N) is 5. The molecule has 2 amide bonds. The van der Waals surface area contributed by atoms with Crippen LogP contribution in [-0.4, -0.2) is 48.6 Å². The molecule has 2 N–H and O–H groups in total. The number of fused-ring (bicyclic) bond motifs is 1. The van der Waals surface area contributed by atoms with Gasteiger partial charge in [-0.3, -0.25) is 9.59 Å². The monoisotopic (exact) mass is 591 g/mol. The number of imidazole rings is 1. The van der Waals surface area contributed by atoms with Crippen molar-refractivity contribution < 1.29 is 31.8 Å². The van der Waals surface area contributed by atoms with Crippen molar-refractivity contribution in [2.75, 3.05) is 0 Å². The van der Waals surface area contributed by atoms with Gasteiger partial charge in [-0.15, -0.1) is 0 Å². The van der Waals surface area contributed by atoms with Gasteiger partial charge in [0.15, 0.2) is 11.3 Å². The molecule has 1 unspecified atom stereocenters. The highest BCUT2D eigenvalue weighted by atomic mass is 19.3. The molecule has 3 aliphatic carbocycles. The lowest BCUT2D eigenvalue weighted by Crippen LogP contribution is -2.37. The summed E-state index contributed by atoms with van der Waals surface area (Å²) in [4.78, 5) is 30.6. The molecule has 3 aromatic rings. The molecule has 0 aromatic carbocycles. The Hall–Kier alpha value is -3.58. The smallest absolute Gasteiger partial charge is 0.276 e. The summed E-state index contributed by atoms with van der Waals surface area (Å²) in [7, 11) is 0. The van der Waals surface area contributed by atoms with E-state index in [1.165, 1.54) is 4.52 Å². The number of alkyl halides is 4. The number of aryl methyl sites for hydroxylation is 1. The summed E-state index contributed by atoms with van der Waals surface area (Å²) in [5.74, 6) is -7.59. The average molecular weight is 592 g/mol. The maximum absolute atomic E-state index is 14.1. The fourth-order valence-corrected chi connectivity index (χ4v) is 6.32. The molecule has 0 saturated heterocycles. The zero-order valence-corrected chi connectivity index (χ0v) is 23.2. The second kappa shape index (κ2) is 10.9. The summed E-state index contributed by atoms with van der Waals surface area (Å²) >= 11 is 0. The van der Waals surface area contributed by atoms with Crippen molar-refractivity contribution >= 4 is 17.5 Å². The number of carbonyl (C=O) groups excluding carboxylic acids is 2. The van der Waals surface area contributed by atoms with Gasteiger partial charge >= 0.3 is 0 Å². The van der Waals surface area contributed by atoms with E-state index in [0.717, 1.165) is 12.8 Å². The van der Waals surface area contributed by atoms with Crippen LogP contribution >= 0.6 is 0 Å². The van der Waals surface area contributed by atoms with Crippen LogP contribution in [0, 0.1) is 24.7 Å². The molecule has 3 aromatic heterocycles. The number of carbonyl (C=O) groups is 2. The van der Waals surface area contributed by atoms with Crippen molar-refractivity contribution in [2.45, 2.75) is 95.1 Å². The molecule has 6 rings (SSSR count). The van der Waals surface area contributed by atoms with E-state index in [2.05, 4.69) is 30.7 Å². The maximum Gasteiger partial charge on any atom is 0.276 e. The molecule has 3 fully saturated rings. The van der Waals surface area contributed by atoms with Gasteiger partial charge in [0, 0.05) is 31.6 Å². The van der Waals surface area contributed by atoms with Crippen molar-refractivity contribution in [3.8, 4) is 0 Å². The summed E-state index contributed by atoms with van der Waals surface area (Å²) in [6.07, 6.45) is 5.20. The number of amides is 2. The molecule has 3 aliphatic rings. The van der Waals surface area contributed by atoms with Crippen LogP contribution in [0.5, 0.6) is 0 Å². The highest BCUT2D eigenvalue weighted by molar-refractivity contribution is 5.93. The first kappa shape index (κ1) is 28.5. The van der Waals surface area contributed by atoms with E-state index < -0.39 is 35.6 Å². The Balaban J connectivity index is 1.24. The van der Waals surface area contributed by atoms with Crippen molar-refractivity contribution in [2.24, 2.45) is 17.8 Å². The third-order valence-corrected chi connectivity index (χ3v) is 8.93. The third-order valence-electron chi connectivity index (χ3n) is 8.93. The Morgan fingerprint density at radius 1 is 1.02 bits per heavy atom. The number of rotatable bonds is 9. The van der Waals surface area contributed by atoms with Gasteiger partial charge in [0.1, 0.15) is 5.69 Å². The van der Waals surface area contributed by atoms with Gasteiger partial charge in [-0.05, 0) is 74.1 Å². The van der Waals surface area contributed by atoms with Gasteiger partial charge in [-0.2, -0.15) is 5.10 Å². The Kier molecular flexibility index (Phi) is 7.42. The predicted octanol–water partition coefficient (Wildman–Crippen LogP) is 5.11. The molecule has 0 aliphatic heterocycles. The molecule has 42 heavy (non-hydrogen) atoms. The van der Waals surface area contributed by atoms with Gasteiger partial charge in [-0.25, -0.2) is 31.7 Å². The molecule has 14 heteroatoms. The van der Waals surface area contributed by atoms with E-state index in [9.17, 15) is 27.2 Å². The lowest BCUT2D eigenvalue weighted by Gasteiger charge is -2.33. The largest absolute Gasteiger partial charge is 0.349 e. The Bertz CT molecular complexity index is 1460. The van der Waals surface area contributed by atoms with E-state index in [1.807, 2.05) is 0 Å². The van der Waals surface area contributed by atoms with E-state index in [4.69, 9.17) is 4.98 Å². The molecule has 10 nitrogen and oxygen atoms in total. The van der Waals surface area contributed by atoms with Gasteiger partial charge in [0.05, 0.1) is 30.2 Å². The van der Waals surface area contributed by atoms with Crippen molar-refractivity contribution in [1.82, 2.24) is 35.5 Å². The molecule has 3 heterocycles. The topological polar surface area (TPSA) is 127 Å². The quantitative estimate of drug-likeness (QED) is 0.331. The normalized spacial score (nSPS) is 23.5. The predicted molar refractivity (Wildman–Crippen MR) is 140 cm³/mol. The molecule has 0 radical (unpaired) electrons. The first-order chi connectivity index (χ1) is 20.0. The van der Waals surface area contributed by atoms with Gasteiger partial charge in [-0.1, -0.05) is 5.16 Å². The van der Waals surface area contributed by atoms with E-state index in [-0.39, 0.29) is 62.1 Å². The van der Waals surface area contributed by atoms with E-state index >= 15 is 0 Å². The lowest BCUT2D eigenvalue weighted by atomic mass is 9.81. The minimum absolute atomic E-state index is 0.00342. The summed E-state index contributed by atoms with van der Waals surface area (Å²) in [6, 6.07) is 0.703. The maximum atomic E-state index is 14.1. The first-order valence-corrected chi connectivity index (χ1v) is 14.5. The molecule has 226 valence electrons. The first-order valence-electron chi connectivity index (χ1n) is 14.5. The van der Waals surface area contributed by atoms with Crippen molar-refractivity contribution in [3.05, 3.63) is 41.1 Å². The minimum Gasteiger partial charge on any atom is -0.349 e. The number of nitrogens with one attached hydrogen (secondary N) is 2. The highest BCUT2D eigenvalue weighted by Crippen LogP contribution is 2.44. The van der Waals surface area contributed by atoms with Crippen LogP contribution in [-0.2, 0) is 4.79 Å². The number of hydrogen-bond donors (Lipinski definition) is 2. The second-order valence-electron chi connectivity index (χ2n) is 12.0. The third kappa shape index (κ3) is 5.98. The zero-order chi connectivity index (χ0) is 29.6. The standard InChI is InChI=1S/C28H33F4N7O3/c1-15-23(38-42-37-15)26(41)36-25(17-6-9-27(29,30)10-7-17)20-14-39-21(34-20)11-18(13-33-39)24(16-4-5-16)35-22(40)12-19-3-2-8-28(19,31)32/h11,13-14,16-17,19,24-25H,2-10,12H2,1H3,(H,35,40)(H,36,41)/t19?,24-,25+/m1/s1. The van der Waals surface area contributed by atoms with Crippen LogP contribution < -0.4 is 10.6 Å². The van der Waals surface area contributed by atoms with Crippen molar-refractivity contribution in [1.29, 1.82) is 0 Å². The fourth-order valence-electron chi connectivity index (χ4n) is 6.32. The molecule has 0 bridgehead atoms. The van der Waals surface area contributed by atoms with E-state index in [0.29, 0.717) is 35.4 Å². The van der Waals surface area contributed by atoms with Crippen LogP contribution in [0.3, 0.4) is 0 Å². The van der Waals surface area contributed by atoms with Crippen LogP contribution in [0.1, 0.15) is 104 Å². The number of halogens is 4. The molecular formula is C28H33F4N7O3. The SMILES string of the molecule is Cc1nonc1C(=O)N[C@H](c1cn2ncc([C@H](NC(=O)CC3CCCC3(F)F)C3CC3)cc2n1)C1CCC(F)(F)CC1. The van der Waals surface area contributed by atoms with Gasteiger partial charge in [0.25, 0.3) is 11.8 Å². The highest BCUT2D eigenvalue weighted by Gasteiger charge is 2.45. The summed E-state index contributed by atoms with van der Waals surface area (Å²) in [5.41, 5.74) is 1.91. The zero-order valence-electron chi connectivity index (χ0n) is 23.2. The molecular weight excluding hydrogens is 558 g/mol.